The van der Waals surface area contributed by atoms with Crippen molar-refractivity contribution in [2.24, 2.45) is 11.8 Å². The first kappa shape index (κ1) is 15.8. The fourth-order valence-corrected chi connectivity index (χ4v) is 3.01. The molecule has 1 saturated carbocycles. The molecule has 1 N–H and O–H groups in total. The lowest BCUT2D eigenvalue weighted by atomic mass is 9.81. The Kier molecular flexibility index (Phi) is 5.59. The van der Waals surface area contributed by atoms with E-state index >= 15 is 0 Å². The first-order valence-electron chi connectivity index (χ1n) is 7.90. The first-order valence-corrected chi connectivity index (χ1v) is 7.90. The molecule has 0 spiro atoms. The molecule has 21 heavy (non-hydrogen) atoms. The maximum atomic E-state index is 11.5. The lowest BCUT2D eigenvalue weighted by Gasteiger charge is -2.26. The predicted octanol–water partition coefficient (Wildman–Crippen LogP) is 3.80. The third kappa shape index (κ3) is 4.45. The highest BCUT2D eigenvalue weighted by molar-refractivity contribution is 5.90. The number of pyridine rings is 1. The van der Waals surface area contributed by atoms with E-state index in [1.165, 1.54) is 39.2 Å². The Balaban J connectivity index is 1.81. The van der Waals surface area contributed by atoms with Crippen molar-refractivity contribution in [2.45, 2.75) is 46.0 Å². The molecule has 0 bridgehead atoms. The van der Waals surface area contributed by atoms with Crippen LogP contribution in [0.1, 0.15) is 55.1 Å². The van der Waals surface area contributed by atoms with Crippen LogP contribution in [-0.4, -0.2) is 24.6 Å². The number of esters is 1. The number of nitrogens with zero attached hydrogens (tertiary/aromatic N) is 1. The summed E-state index contributed by atoms with van der Waals surface area (Å²) in [5, 5.41) is 3.36. The van der Waals surface area contributed by atoms with Gasteiger partial charge in [-0.3, -0.25) is 0 Å². The number of aryl methyl sites for hydroxylation is 1. The molecule has 0 atom stereocenters. The zero-order chi connectivity index (χ0) is 15.2. The number of carbonyl (C=O) groups is 1. The van der Waals surface area contributed by atoms with Crippen molar-refractivity contribution in [2.75, 3.05) is 19.0 Å². The lowest BCUT2D eigenvalue weighted by molar-refractivity contribution is 0.0599. The second-order valence-electron chi connectivity index (χ2n) is 6.16. The number of anilines is 1. The van der Waals surface area contributed by atoms with Gasteiger partial charge in [-0.2, -0.15) is 0 Å². The van der Waals surface area contributed by atoms with Crippen LogP contribution in [0.3, 0.4) is 0 Å². The number of aromatic nitrogens is 1. The maximum absolute atomic E-state index is 11.5. The number of nitrogens with one attached hydrogen (secondary N) is 1. The van der Waals surface area contributed by atoms with E-state index in [2.05, 4.69) is 17.2 Å². The van der Waals surface area contributed by atoms with Crippen LogP contribution in [0.5, 0.6) is 0 Å². The molecule has 0 saturated heterocycles. The van der Waals surface area contributed by atoms with Crippen molar-refractivity contribution in [3.05, 3.63) is 23.4 Å². The summed E-state index contributed by atoms with van der Waals surface area (Å²) >= 11 is 0. The zero-order valence-corrected chi connectivity index (χ0v) is 13.3. The van der Waals surface area contributed by atoms with E-state index in [0.717, 1.165) is 24.2 Å². The van der Waals surface area contributed by atoms with Gasteiger partial charge >= 0.3 is 5.97 Å². The molecular weight excluding hydrogens is 264 g/mol. The topological polar surface area (TPSA) is 51.2 Å². The van der Waals surface area contributed by atoms with Gasteiger partial charge in [0.15, 0.2) is 0 Å². The van der Waals surface area contributed by atoms with Gasteiger partial charge in [-0.15, -0.1) is 0 Å². The van der Waals surface area contributed by atoms with Crippen molar-refractivity contribution in [3.8, 4) is 0 Å². The van der Waals surface area contributed by atoms with E-state index in [4.69, 9.17) is 4.74 Å². The van der Waals surface area contributed by atoms with Crippen LogP contribution in [0.25, 0.3) is 0 Å². The Morgan fingerprint density at radius 1 is 1.33 bits per heavy atom. The average Bonchev–Trinajstić information content (AvgIpc) is 2.49. The van der Waals surface area contributed by atoms with Crippen LogP contribution in [0.15, 0.2) is 12.1 Å². The van der Waals surface area contributed by atoms with Gasteiger partial charge in [-0.1, -0.05) is 32.6 Å². The van der Waals surface area contributed by atoms with Crippen LogP contribution in [0, 0.1) is 18.8 Å². The molecule has 116 valence electrons. The normalized spacial score (nSPS) is 21.9. The smallest absolute Gasteiger partial charge is 0.339 e. The fraction of sp³-hybridized carbons (Fsp3) is 0.647. The molecule has 4 nitrogen and oxygen atoms in total. The van der Waals surface area contributed by atoms with Gasteiger partial charge in [0.2, 0.25) is 0 Å². The summed E-state index contributed by atoms with van der Waals surface area (Å²) in [6.07, 6.45) is 6.66. The third-order valence-electron chi connectivity index (χ3n) is 4.49. The van der Waals surface area contributed by atoms with Crippen molar-refractivity contribution < 1.29 is 9.53 Å². The lowest BCUT2D eigenvalue weighted by Crippen LogP contribution is -2.16. The summed E-state index contributed by atoms with van der Waals surface area (Å²) < 4.78 is 4.73. The Hall–Kier alpha value is -1.58. The molecule has 0 unspecified atom stereocenters. The van der Waals surface area contributed by atoms with Crippen molar-refractivity contribution in [1.29, 1.82) is 0 Å². The van der Waals surface area contributed by atoms with E-state index in [-0.39, 0.29) is 5.97 Å². The Labute approximate surface area is 127 Å². The van der Waals surface area contributed by atoms with Crippen molar-refractivity contribution >= 4 is 11.8 Å². The molecule has 0 amide bonds. The largest absolute Gasteiger partial charge is 0.465 e. The molecule has 1 aliphatic carbocycles. The molecule has 1 fully saturated rings. The van der Waals surface area contributed by atoms with E-state index in [9.17, 15) is 4.79 Å². The summed E-state index contributed by atoms with van der Waals surface area (Å²) in [5.74, 6) is 2.26. The van der Waals surface area contributed by atoms with Crippen LogP contribution in [0.2, 0.25) is 0 Å². The molecule has 1 aliphatic rings. The van der Waals surface area contributed by atoms with Gasteiger partial charge < -0.3 is 10.1 Å². The molecule has 0 aromatic carbocycles. The number of rotatable bonds is 5. The zero-order valence-electron chi connectivity index (χ0n) is 13.3. The number of ether oxygens (including phenoxy) is 1. The minimum Gasteiger partial charge on any atom is -0.465 e. The molecule has 1 aromatic rings. The average molecular weight is 290 g/mol. The van der Waals surface area contributed by atoms with E-state index < -0.39 is 0 Å². The minimum absolute atomic E-state index is 0.331. The van der Waals surface area contributed by atoms with Crippen LogP contribution >= 0.6 is 0 Å². The Bertz CT molecular complexity index is 480. The van der Waals surface area contributed by atoms with Gasteiger partial charge in [0.05, 0.1) is 18.4 Å². The summed E-state index contributed by atoms with van der Waals surface area (Å²) in [4.78, 5) is 15.9. The fourth-order valence-electron chi connectivity index (χ4n) is 3.01. The molecular formula is C17H26N2O2. The highest BCUT2D eigenvalue weighted by Crippen LogP contribution is 2.30. The molecule has 0 aliphatic heterocycles. The van der Waals surface area contributed by atoms with Crippen LogP contribution in [-0.2, 0) is 4.74 Å². The monoisotopic (exact) mass is 290 g/mol. The van der Waals surface area contributed by atoms with Crippen LogP contribution < -0.4 is 5.32 Å². The Morgan fingerprint density at radius 2 is 2.05 bits per heavy atom. The van der Waals surface area contributed by atoms with Crippen molar-refractivity contribution in [3.63, 3.8) is 0 Å². The van der Waals surface area contributed by atoms with Crippen molar-refractivity contribution in [1.82, 2.24) is 4.98 Å². The van der Waals surface area contributed by atoms with Gasteiger partial charge in [-0.05, 0) is 37.3 Å². The Morgan fingerprint density at radius 3 is 2.67 bits per heavy atom. The highest BCUT2D eigenvalue weighted by Gasteiger charge is 2.17. The molecule has 2 rings (SSSR count). The SMILES string of the molecule is COC(=O)c1ccc(NCCC2CCC(C)CC2)nc1C. The number of carbonyl (C=O) groups excluding carboxylic acids is 1. The second-order valence-corrected chi connectivity index (χ2v) is 6.16. The summed E-state index contributed by atoms with van der Waals surface area (Å²) in [7, 11) is 1.39. The van der Waals surface area contributed by atoms with Gasteiger partial charge in [0.1, 0.15) is 5.82 Å². The standard InChI is InChI=1S/C17H26N2O2/c1-12-4-6-14(7-5-12)10-11-18-16-9-8-15(13(2)19-16)17(20)21-3/h8-9,12,14H,4-7,10-11H2,1-3H3,(H,18,19). The maximum Gasteiger partial charge on any atom is 0.339 e. The molecule has 4 heteroatoms. The number of methoxy groups -OCH3 is 1. The van der Waals surface area contributed by atoms with Gasteiger partial charge in [0.25, 0.3) is 0 Å². The summed E-state index contributed by atoms with van der Waals surface area (Å²) in [6, 6.07) is 3.63. The minimum atomic E-state index is -0.331. The first-order chi connectivity index (χ1) is 10.1. The third-order valence-corrected chi connectivity index (χ3v) is 4.49. The molecule has 1 aromatic heterocycles. The van der Waals surface area contributed by atoms with E-state index in [1.807, 2.05) is 13.0 Å². The number of hydrogen-bond acceptors (Lipinski definition) is 4. The quantitative estimate of drug-likeness (QED) is 0.838. The molecule has 0 radical (unpaired) electrons. The van der Waals surface area contributed by atoms with Crippen LogP contribution in [0.4, 0.5) is 5.82 Å². The van der Waals surface area contributed by atoms with E-state index in [1.54, 1.807) is 6.07 Å². The second kappa shape index (κ2) is 7.43. The van der Waals surface area contributed by atoms with E-state index in [0.29, 0.717) is 11.3 Å². The highest BCUT2D eigenvalue weighted by atomic mass is 16.5. The number of hydrogen-bond donors (Lipinski definition) is 1. The predicted molar refractivity (Wildman–Crippen MR) is 84.5 cm³/mol. The summed E-state index contributed by atoms with van der Waals surface area (Å²) in [5.41, 5.74) is 1.24. The van der Waals surface area contributed by atoms with Gasteiger partial charge in [0, 0.05) is 6.54 Å². The molecule has 1 heterocycles. The summed E-state index contributed by atoms with van der Waals surface area (Å²) in [6.45, 7) is 5.13. The van der Waals surface area contributed by atoms with Gasteiger partial charge in [-0.25, -0.2) is 9.78 Å².